The lowest BCUT2D eigenvalue weighted by Gasteiger charge is -2.27. The molecule has 2 aromatic heterocycles. The number of carbonyl (C=O) groups excluding carboxylic acids is 2. The summed E-state index contributed by atoms with van der Waals surface area (Å²) < 4.78 is 31.8. The van der Waals surface area contributed by atoms with Crippen molar-refractivity contribution in [3.8, 4) is 0 Å². The molecule has 0 bridgehead atoms. The quantitative estimate of drug-likeness (QED) is 0.404. The number of alkyl halides is 2. The SMILES string of the molecule is CCCCOC(=O)CCNC(=O)C1CC2=C(c3ccn(C(F)F)n3)CN=C(c3nccs3)N2C1. The summed E-state index contributed by atoms with van der Waals surface area (Å²) >= 11 is 1.44. The number of fused-ring (bicyclic) bond motifs is 1. The van der Waals surface area contributed by atoms with Gasteiger partial charge in [-0.3, -0.25) is 14.6 Å². The maximum atomic E-state index is 13.0. The largest absolute Gasteiger partial charge is 0.466 e. The molecule has 182 valence electrons. The number of aliphatic imine (C=N–C) groups is 1. The summed E-state index contributed by atoms with van der Waals surface area (Å²) in [5, 5.41) is 9.39. The van der Waals surface area contributed by atoms with Crippen molar-refractivity contribution in [3.05, 3.63) is 40.2 Å². The molecule has 0 radical (unpaired) electrons. The normalized spacial score (nSPS) is 17.7. The first-order valence-corrected chi connectivity index (χ1v) is 12.1. The number of thiazole rings is 1. The fourth-order valence-electron chi connectivity index (χ4n) is 3.93. The standard InChI is InChI=1S/C22H26F2N6O3S/c1-2-3-9-33-18(31)4-6-25-20(32)14-11-17-15(16-5-8-30(28-16)22(23)24)12-27-19(29(17)13-14)21-26-7-10-34-21/h5,7-8,10,14,22H,2-4,6,9,11-13H2,1H3,(H,25,32). The average Bonchev–Trinajstić information content (AvgIpc) is 3.59. The molecule has 0 aliphatic carbocycles. The van der Waals surface area contributed by atoms with Crippen molar-refractivity contribution in [2.24, 2.45) is 10.9 Å². The summed E-state index contributed by atoms with van der Waals surface area (Å²) in [7, 11) is 0. The number of amides is 1. The van der Waals surface area contributed by atoms with Gasteiger partial charge in [0, 0.05) is 48.6 Å². The fraction of sp³-hybridized carbons (Fsp3) is 0.500. The van der Waals surface area contributed by atoms with E-state index in [0.29, 0.717) is 35.8 Å². The monoisotopic (exact) mass is 492 g/mol. The number of rotatable bonds is 10. The zero-order chi connectivity index (χ0) is 24.1. The van der Waals surface area contributed by atoms with Gasteiger partial charge >= 0.3 is 12.5 Å². The lowest BCUT2D eigenvalue weighted by Crippen LogP contribution is -2.36. The molecule has 2 aromatic rings. The second-order valence-corrected chi connectivity index (χ2v) is 8.88. The second-order valence-electron chi connectivity index (χ2n) is 7.99. The number of ether oxygens (including phenoxy) is 1. The van der Waals surface area contributed by atoms with Crippen molar-refractivity contribution in [1.82, 2.24) is 25.0 Å². The van der Waals surface area contributed by atoms with Crippen LogP contribution in [-0.2, 0) is 14.3 Å². The van der Waals surface area contributed by atoms with Crippen LogP contribution in [0.2, 0.25) is 0 Å². The van der Waals surface area contributed by atoms with Crippen LogP contribution in [-0.4, -0.2) is 63.6 Å². The van der Waals surface area contributed by atoms with E-state index < -0.39 is 6.55 Å². The number of allylic oxidation sites excluding steroid dienone is 1. The zero-order valence-electron chi connectivity index (χ0n) is 18.7. The highest BCUT2D eigenvalue weighted by Gasteiger charge is 2.39. The molecule has 0 spiro atoms. The summed E-state index contributed by atoms with van der Waals surface area (Å²) in [5.74, 6) is -0.243. The van der Waals surface area contributed by atoms with Gasteiger partial charge < -0.3 is 15.0 Å². The molecule has 12 heteroatoms. The maximum absolute atomic E-state index is 13.0. The number of unbranched alkanes of at least 4 members (excludes halogenated alkanes) is 1. The van der Waals surface area contributed by atoms with Gasteiger partial charge in [0.1, 0.15) is 0 Å². The number of esters is 1. The number of hydrogen-bond donors (Lipinski definition) is 1. The van der Waals surface area contributed by atoms with E-state index >= 15 is 0 Å². The smallest absolute Gasteiger partial charge is 0.333 e. The van der Waals surface area contributed by atoms with E-state index in [1.54, 1.807) is 6.20 Å². The number of aromatic nitrogens is 3. The molecule has 34 heavy (non-hydrogen) atoms. The highest BCUT2D eigenvalue weighted by molar-refractivity contribution is 7.11. The molecule has 9 nitrogen and oxygen atoms in total. The van der Waals surface area contributed by atoms with Crippen LogP contribution in [0.15, 0.2) is 34.5 Å². The molecule has 1 saturated heterocycles. The average molecular weight is 493 g/mol. The van der Waals surface area contributed by atoms with Gasteiger partial charge in [0.15, 0.2) is 10.8 Å². The minimum atomic E-state index is -2.73. The van der Waals surface area contributed by atoms with Crippen LogP contribution in [0.1, 0.15) is 49.9 Å². The lowest BCUT2D eigenvalue weighted by atomic mass is 10.0. The number of nitrogens with one attached hydrogen (secondary N) is 1. The van der Waals surface area contributed by atoms with Crippen LogP contribution >= 0.6 is 11.3 Å². The molecule has 0 saturated carbocycles. The van der Waals surface area contributed by atoms with Crippen molar-refractivity contribution >= 4 is 34.6 Å². The first-order chi connectivity index (χ1) is 16.5. The molecule has 1 unspecified atom stereocenters. The Morgan fingerprint density at radius 2 is 2.24 bits per heavy atom. The first-order valence-electron chi connectivity index (χ1n) is 11.2. The molecular weight excluding hydrogens is 466 g/mol. The van der Waals surface area contributed by atoms with Crippen LogP contribution in [0.3, 0.4) is 0 Å². The van der Waals surface area contributed by atoms with E-state index in [4.69, 9.17) is 4.74 Å². The van der Waals surface area contributed by atoms with Gasteiger partial charge in [-0.05, 0) is 12.5 Å². The summed E-state index contributed by atoms with van der Waals surface area (Å²) in [4.78, 5) is 35.6. The van der Waals surface area contributed by atoms with Gasteiger partial charge in [-0.1, -0.05) is 13.3 Å². The minimum Gasteiger partial charge on any atom is -0.466 e. The molecule has 1 fully saturated rings. The van der Waals surface area contributed by atoms with Crippen molar-refractivity contribution in [1.29, 1.82) is 0 Å². The summed E-state index contributed by atoms with van der Waals surface area (Å²) in [6, 6.07) is 1.54. The van der Waals surface area contributed by atoms with E-state index in [-0.39, 0.29) is 37.3 Å². The van der Waals surface area contributed by atoms with Crippen LogP contribution in [0.25, 0.3) is 5.57 Å². The third-order valence-electron chi connectivity index (χ3n) is 5.66. The minimum absolute atomic E-state index is 0.108. The van der Waals surface area contributed by atoms with Gasteiger partial charge in [-0.15, -0.1) is 11.3 Å². The Labute approximate surface area is 199 Å². The molecule has 1 N–H and O–H groups in total. The number of amidine groups is 1. The maximum Gasteiger partial charge on any atom is 0.333 e. The highest BCUT2D eigenvalue weighted by Crippen LogP contribution is 2.37. The second kappa shape index (κ2) is 10.9. The van der Waals surface area contributed by atoms with E-state index in [0.717, 1.165) is 29.1 Å². The number of carbonyl (C=O) groups is 2. The van der Waals surface area contributed by atoms with Crippen LogP contribution < -0.4 is 5.32 Å². The fourth-order valence-corrected chi connectivity index (χ4v) is 4.59. The highest BCUT2D eigenvalue weighted by atomic mass is 32.1. The molecule has 4 rings (SSSR count). The van der Waals surface area contributed by atoms with Crippen LogP contribution in [0, 0.1) is 5.92 Å². The predicted octanol–water partition coefficient (Wildman–Crippen LogP) is 3.08. The number of hydrogen-bond acceptors (Lipinski definition) is 8. The third kappa shape index (κ3) is 5.32. The van der Waals surface area contributed by atoms with Gasteiger partial charge in [0.2, 0.25) is 5.91 Å². The number of halogens is 2. The van der Waals surface area contributed by atoms with Gasteiger partial charge in [0.05, 0.1) is 31.2 Å². The Morgan fingerprint density at radius 3 is 2.94 bits per heavy atom. The molecule has 2 aliphatic rings. The van der Waals surface area contributed by atoms with Gasteiger partial charge in [-0.25, -0.2) is 9.67 Å². The van der Waals surface area contributed by atoms with E-state index in [2.05, 4.69) is 20.4 Å². The molecule has 1 amide bonds. The molecule has 0 aromatic carbocycles. The van der Waals surface area contributed by atoms with Gasteiger partial charge in [-0.2, -0.15) is 13.9 Å². The molecule has 1 atom stereocenters. The van der Waals surface area contributed by atoms with E-state index in [1.165, 1.54) is 23.6 Å². The summed E-state index contributed by atoms with van der Waals surface area (Å²) in [6.45, 7) is 0.498. The van der Waals surface area contributed by atoms with E-state index in [1.807, 2.05) is 17.2 Å². The van der Waals surface area contributed by atoms with Gasteiger partial charge in [0.25, 0.3) is 0 Å². The molecular formula is C22H26F2N6O3S. The topological polar surface area (TPSA) is 102 Å². The van der Waals surface area contributed by atoms with E-state index in [9.17, 15) is 18.4 Å². The van der Waals surface area contributed by atoms with Crippen molar-refractivity contribution < 1.29 is 23.1 Å². The Bertz CT molecular complexity index is 1080. The lowest BCUT2D eigenvalue weighted by molar-refractivity contribution is -0.143. The van der Waals surface area contributed by atoms with Crippen LogP contribution in [0.5, 0.6) is 0 Å². The van der Waals surface area contributed by atoms with Crippen LogP contribution in [0.4, 0.5) is 8.78 Å². The third-order valence-corrected chi connectivity index (χ3v) is 6.43. The Kier molecular flexibility index (Phi) is 7.66. The predicted molar refractivity (Wildman–Crippen MR) is 122 cm³/mol. The summed E-state index contributed by atoms with van der Waals surface area (Å²) in [5.41, 5.74) is 1.96. The van der Waals surface area contributed by atoms with Crippen molar-refractivity contribution in [3.63, 3.8) is 0 Å². The first kappa shape index (κ1) is 24.0. The van der Waals surface area contributed by atoms with Crippen molar-refractivity contribution in [2.45, 2.75) is 39.2 Å². The summed E-state index contributed by atoms with van der Waals surface area (Å²) in [6.07, 6.45) is 5.19. The Balaban J connectivity index is 1.47. The Hall–Kier alpha value is -3.15. The number of nitrogens with zero attached hydrogens (tertiary/aromatic N) is 5. The zero-order valence-corrected chi connectivity index (χ0v) is 19.6. The molecule has 2 aliphatic heterocycles. The van der Waals surface area contributed by atoms with Crippen molar-refractivity contribution in [2.75, 3.05) is 26.2 Å². The molecule has 4 heterocycles. The Morgan fingerprint density at radius 1 is 1.38 bits per heavy atom.